The Morgan fingerprint density at radius 3 is 2.97 bits per heavy atom. The first-order chi connectivity index (χ1) is 14.1. The summed E-state index contributed by atoms with van der Waals surface area (Å²) in [5.74, 6) is 1.64. The van der Waals surface area contributed by atoms with Crippen LogP contribution in [0.4, 0.5) is 10.1 Å². The summed E-state index contributed by atoms with van der Waals surface area (Å²) in [6.45, 7) is 10.2. The molecule has 0 aliphatic carbocycles. The van der Waals surface area contributed by atoms with E-state index in [2.05, 4.69) is 39.6 Å². The molecule has 1 atom stereocenters. The Kier molecular flexibility index (Phi) is 7.43. The lowest BCUT2D eigenvalue weighted by Crippen LogP contribution is -2.51. The highest BCUT2D eigenvalue weighted by molar-refractivity contribution is 5.80. The second kappa shape index (κ2) is 10.2. The number of piperidine rings is 1. The van der Waals surface area contributed by atoms with Gasteiger partial charge in [0.05, 0.1) is 6.54 Å². The molecule has 8 heteroatoms. The topological polar surface area (TPSA) is 70.4 Å². The van der Waals surface area contributed by atoms with Gasteiger partial charge >= 0.3 is 0 Å². The van der Waals surface area contributed by atoms with Crippen LogP contribution in [0.2, 0.25) is 0 Å². The molecule has 0 saturated carbocycles. The Morgan fingerprint density at radius 1 is 1.34 bits per heavy atom. The Labute approximate surface area is 172 Å². The van der Waals surface area contributed by atoms with E-state index in [9.17, 15) is 4.39 Å². The molecule has 1 aromatic heterocycles. The van der Waals surface area contributed by atoms with Crippen molar-refractivity contribution < 1.29 is 4.39 Å². The summed E-state index contributed by atoms with van der Waals surface area (Å²) in [5, 5.41) is 15.0. The predicted octanol–water partition coefficient (Wildman–Crippen LogP) is 2.51. The number of nitrogens with zero attached hydrogens (tertiary/aromatic N) is 5. The molecule has 0 spiro atoms. The zero-order valence-corrected chi connectivity index (χ0v) is 17.7. The van der Waals surface area contributed by atoms with Gasteiger partial charge in [-0.3, -0.25) is 4.99 Å². The molecule has 0 bridgehead atoms. The number of hydrogen-bond donors (Lipinski definition) is 2. The summed E-state index contributed by atoms with van der Waals surface area (Å²) >= 11 is 0. The average molecular weight is 402 g/mol. The largest absolute Gasteiger partial charge is 0.369 e. The molecule has 1 fully saturated rings. The van der Waals surface area contributed by atoms with Crippen molar-refractivity contribution in [2.45, 2.75) is 52.6 Å². The fourth-order valence-electron chi connectivity index (χ4n) is 3.81. The zero-order valence-electron chi connectivity index (χ0n) is 17.7. The van der Waals surface area contributed by atoms with Gasteiger partial charge in [-0.2, -0.15) is 0 Å². The second-order valence-corrected chi connectivity index (χ2v) is 7.42. The van der Waals surface area contributed by atoms with Gasteiger partial charge in [-0.15, -0.1) is 10.2 Å². The van der Waals surface area contributed by atoms with Gasteiger partial charge in [-0.1, -0.05) is 6.92 Å². The van der Waals surface area contributed by atoms with Crippen LogP contribution in [0, 0.1) is 12.7 Å². The van der Waals surface area contributed by atoms with E-state index in [4.69, 9.17) is 4.99 Å². The van der Waals surface area contributed by atoms with E-state index >= 15 is 0 Å². The quantitative estimate of drug-likeness (QED) is 0.551. The smallest absolute Gasteiger partial charge is 0.191 e. The molecule has 158 valence electrons. The van der Waals surface area contributed by atoms with Crippen molar-refractivity contribution in [2.24, 2.45) is 4.99 Å². The minimum absolute atomic E-state index is 0.182. The molecule has 0 radical (unpaired) electrons. The summed E-state index contributed by atoms with van der Waals surface area (Å²) in [4.78, 5) is 7.07. The van der Waals surface area contributed by atoms with E-state index in [1.54, 1.807) is 18.5 Å². The molecule has 7 nitrogen and oxygen atoms in total. The molecule has 3 rings (SSSR count). The van der Waals surface area contributed by atoms with Crippen LogP contribution in [-0.4, -0.2) is 52.9 Å². The molecule has 1 aliphatic rings. The van der Waals surface area contributed by atoms with Crippen molar-refractivity contribution >= 4 is 11.6 Å². The summed E-state index contributed by atoms with van der Waals surface area (Å²) in [6.07, 6.45) is 4.81. The normalized spacial score (nSPS) is 17.4. The fraction of sp³-hybridized carbons (Fsp3) is 0.571. The predicted molar refractivity (Wildman–Crippen MR) is 115 cm³/mol. The monoisotopic (exact) mass is 401 g/mol. The Morgan fingerprint density at radius 2 is 2.21 bits per heavy atom. The number of rotatable bonds is 7. The molecule has 0 amide bonds. The first-order valence-electron chi connectivity index (χ1n) is 10.5. The summed E-state index contributed by atoms with van der Waals surface area (Å²) in [7, 11) is 0. The maximum absolute atomic E-state index is 13.5. The number of benzene rings is 1. The Hall–Kier alpha value is -2.64. The van der Waals surface area contributed by atoms with Crippen LogP contribution in [0.3, 0.4) is 0 Å². The van der Waals surface area contributed by atoms with Gasteiger partial charge in [0.1, 0.15) is 18.0 Å². The minimum atomic E-state index is -0.182. The third-order valence-electron chi connectivity index (χ3n) is 5.23. The van der Waals surface area contributed by atoms with Gasteiger partial charge in [0, 0.05) is 44.3 Å². The first-order valence-corrected chi connectivity index (χ1v) is 10.5. The molecule has 2 heterocycles. The van der Waals surface area contributed by atoms with E-state index < -0.39 is 0 Å². The molecule has 29 heavy (non-hydrogen) atoms. The highest BCUT2D eigenvalue weighted by atomic mass is 19.1. The maximum atomic E-state index is 13.5. The van der Waals surface area contributed by atoms with Gasteiger partial charge in [0.25, 0.3) is 0 Å². The highest BCUT2D eigenvalue weighted by Crippen LogP contribution is 2.24. The van der Waals surface area contributed by atoms with Gasteiger partial charge < -0.3 is 20.1 Å². The van der Waals surface area contributed by atoms with E-state index in [-0.39, 0.29) is 5.82 Å². The third-order valence-corrected chi connectivity index (χ3v) is 5.23. The van der Waals surface area contributed by atoms with Crippen molar-refractivity contribution in [3.8, 4) is 0 Å². The van der Waals surface area contributed by atoms with Crippen LogP contribution in [0.15, 0.2) is 29.5 Å². The van der Waals surface area contributed by atoms with Crippen LogP contribution in [0.25, 0.3) is 0 Å². The van der Waals surface area contributed by atoms with Crippen molar-refractivity contribution in [3.63, 3.8) is 0 Å². The van der Waals surface area contributed by atoms with E-state index in [0.717, 1.165) is 68.5 Å². The van der Waals surface area contributed by atoms with Crippen LogP contribution >= 0.6 is 0 Å². The Balaban J connectivity index is 1.60. The molecule has 2 N–H and O–H groups in total. The fourth-order valence-corrected chi connectivity index (χ4v) is 3.81. The zero-order chi connectivity index (χ0) is 20.6. The number of halogens is 1. The van der Waals surface area contributed by atoms with E-state index in [0.29, 0.717) is 12.6 Å². The lowest BCUT2D eigenvalue weighted by Gasteiger charge is -2.36. The van der Waals surface area contributed by atoms with Crippen LogP contribution in [0.1, 0.15) is 38.1 Å². The molecule has 1 unspecified atom stereocenters. The summed E-state index contributed by atoms with van der Waals surface area (Å²) in [6, 6.07) is 5.33. The number of aromatic nitrogens is 3. The average Bonchev–Trinajstić information content (AvgIpc) is 3.16. The molecular formula is C21H32FN7. The lowest BCUT2D eigenvalue weighted by molar-refractivity contribution is 0.467. The van der Waals surface area contributed by atoms with Gasteiger partial charge in [-0.25, -0.2) is 4.39 Å². The van der Waals surface area contributed by atoms with Crippen molar-refractivity contribution in [1.82, 2.24) is 25.4 Å². The molecule has 2 aromatic rings. The number of aryl methyl sites for hydroxylation is 2. The first kappa shape index (κ1) is 21.1. The molecule has 1 aromatic carbocycles. The van der Waals surface area contributed by atoms with Crippen molar-refractivity contribution in [3.05, 3.63) is 41.7 Å². The third kappa shape index (κ3) is 5.68. The highest BCUT2D eigenvalue weighted by Gasteiger charge is 2.22. The molecular weight excluding hydrogens is 369 g/mol. The Bertz CT molecular complexity index is 817. The van der Waals surface area contributed by atoms with Crippen LogP contribution in [0.5, 0.6) is 0 Å². The van der Waals surface area contributed by atoms with E-state index in [1.165, 1.54) is 0 Å². The summed E-state index contributed by atoms with van der Waals surface area (Å²) < 4.78 is 15.5. The molecule has 1 aliphatic heterocycles. The SMILES string of the molecule is CCNC(=NCCn1cnnc1CC)NC1CCCN(c2ccc(F)cc2C)C1. The van der Waals surface area contributed by atoms with Crippen LogP contribution in [-0.2, 0) is 13.0 Å². The van der Waals surface area contributed by atoms with Gasteiger partial charge in [-0.05, 0) is 50.5 Å². The summed E-state index contributed by atoms with van der Waals surface area (Å²) in [5.41, 5.74) is 2.09. The lowest BCUT2D eigenvalue weighted by atomic mass is 10.0. The van der Waals surface area contributed by atoms with Crippen LogP contribution < -0.4 is 15.5 Å². The second-order valence-electron chi connectivity index (χ2n) is 7.42. The van der Waals surface area contributed by atoms with E-state index in [1.807, 2.05) is 17.6 Å². The van der Waals surface area contributed by atoms with Gasteiger partial charge in [0.2, 0.25) is 0 Å². The number of aliphatic imine (C=N–C) groups is 1. The number of guanidine groups is 1. The van der Waals surface area contributed by atoms with Crippen molar-refractivity contribution in [1.29, 1.82) is 0 Å². The number of hydrogen-bond acceptors (Lipinski definition) is 4. The molecule has 1 saturated heterocycles. The van der Waals surface area contributed by atoms with Gasteiger partial charge in [0.15, 0.2) is 5.96 Å². The number of nitrogens with one attached hydrogen (secondary N) is 2. The van der Waals surface area contributed by atoms with Crippen molar-refractivity contribution in [2.75, 3.05) is 31.1 Å². The number of anilines is 1. The standard InChI is InChI=1S/C21H32FN7/c1-4-20-27-25-15-29(20)12-10-24-21(23-5-2)26-18-7-6-11-28(14-18)19-9-8-17(22)13-16(19)3/h8-9,13,15,18H,4-7,10-12,14H2,1-3H3,(H2,23,24,26). The maximum Gasteiger partial charge on any atom is 0.191 e. The minimum Gasteiger partial charge on any atom is -0.369 e.